The third-order valence-corrected chi connectivity index (χ3v) is 3.68. The first-order valence-corrected chi connectivity index (χ1v) is 7.24. The van der Waals surface area contributed by atoms with E-state index >= 15 is 0 Å². The first kappa shape index (κ1) is 14.5. The SMILES string of the molecule is Cc1nc(N2CCOCC2)ccc1Nc1nccn(C)c1=O. The Morgan fingerprint density at radius 2 is 2.05 bits per heavy atom. The van der Waals surface area contributed by atoms with Crippen LogP contribution in [0.2, 0.25) is 0 Å². The Morgan fingerprint density at radius 1 is 1.27 bits per heavy atom. The Bertz CT molecular complexity index is 722. The monoisotopic (exact) mass is 301 g/mol. The second-order valence-electron chi connectivity index (χ2n) is 5.22. The minimum atomic E-state index is -0.167. The lowest BCUT2D eigenvalue weighted by molar-refractivity contribution is 0.122. The van der Waals surface area contributed by atoms with Crippen LogP contribution in [0.3, 0.4) is 0 Å². The van der Waals surface area contributed by atoms with Gasteiger partial charge in [0.25, 0.3) is 5.56 Å². The van der Waals surface area contributed by atoms with Gasteiger partial charge in [-0.1, -0.05) is 0 Å². The van der Waals surface area contributed by atoms with Crippen molar-refractivity contribution in [1.29, 1.82) is 0 Å². The number of hydrogen-bond acceptors (Lipinski definition) is 6. The first-order valence-electron chi connectivity index (χ1n) is 7.24. The molecule has 7 heteroatoms. The van der Waals surface area contributed by atoms with Gasteiger partial charge in [0, 0.05) is 32.5 Å². The van der Waals surface area contributed by atoms with E-state index in [9.17, 15) is 4.79 Å². The maximum absolute atomic E-state index is 12.0. The molecule has 1 aliphatic rings. The Hall–Kier alpha value is -2.41. The highest BCUT2D eigenvalue weighted by Crippen LogP contribution is 2.21. The molecule has 1 fully saturated rings. The molecule has 2 aromatic rings. The molecule has 0 amide bonds. The molecule has 0 saturated carbocycles. The van der Waals surface area contributed by atoms with Gasteiger partial charge < -0.3 is 19.5 Å². The predicted molar refractivity (Wildman–Crippen MR) is 84.8 cm³/mol. The molecular weight excluding hydrogens is 282 g/mol. The fourth-order valence-corrected chi connectivity index (χ4v) is 2.36. The molecule has 0 aromatic carbocycles. The van der Waals surface area contributed by atoms with E-state index in [-0.39, 0.29) is 5.56 Å². The minimum Gasteiger partial charge on any atom is -0.378 e. The van der Waals surface area contributed by atoms with Crippen LogP contribution in [0.4, 0.5) is 17.3 Å². The van der Waals surface area contributed by atoms with Gasteiger partial charge in [0.15, 0.2) is 5.82 Å². The average Bonchev–Trinajstić information content (AvgIpc) is 2.54. The van der Waals surface area contributed by atoms with Crippen molar-refractivity contribution in [2.45, 2.75) is 6.92 Å². The van der Waals surface area contributed by atoms with Crippen LogP contribution in [0.25, 0.3) is 0 Å². The van der Waals surface area contributed by atoms with Gasteiger partial charge in [0.2, 0.25) is 0 Å². The lowest BCUT2D eigenvalue weighted by Gasteiger charge is -2.28. The summed E-state index contributed by atoms with van der Waals surface area (Å²) in [7, 11) is 1.70. The van der Waals surface area contributed by atoms with Crippen LogP contribution in [0, 0.1) is 6.92 Å². The number of ether oxygens (including phenoxy) is 1. The Kier molecular flexibility index (Phi) is 4.06. The first-order chi connectivity index (χ1) is 10.6. The highest BCUT2D eigenvalue weighted by Gasteiger charge is 2.14. The summed E-state index contributed by atoms with van der Waals surface area (Å²) < 4.78 is 6.84. The van der Waals surface area contributed by atoms with E-state index in [4.69, 9.17) is 4.74 Å². The molecule has 7 nitrogen and oxygen atoms in total. The maximum Gasteiger partial charge on any atom is 0.293 e. The van der Waals surface area contributed by atoms with E-state index in [1.54, 1.807) is 19.4 Å². The molecule has 0 atom stereocenters. The molecule has 1 aliphatic heterocycles. The molecule has 3 heterocycles. The topological polar surface area (TPSA) is 72.3 Å². The molecule has 116 valence electrons. The van der Waals surface area contributed by atoms with Crippen LogP contribution in [-0.2, 0) is 11.8 Å². The highest BCUT2D eigenvalue weighted by molar-refractivity contribution is 5.60. The number of rotatable bonds is 3. The van der Waals surface area contributed by atoms with Crippen LogP contribution in [0.5, 0.6) is 0 Å². The van der Waals surface area contributed by atoms with Crippen molar-refractivity contribution < 1.29 is 4.74 Å². The van der Waals surface area contributed by atoms with Gasteiger partial charge in [-0.05, 0) is 19.1 Å². The summed E-state index contributed by atoms with van der Waals surface area (Å²) in [6.07, 6.45) is 3.22. The fraction of sp³-hybridized carbons (Fsp3) is 0.400. The molecule has 3 rings (SSSR count). The highest BCUT2D eigenvalue weighted by atomic mass is 16.5. The molecule has 22 heavy (non-hydrogen) atoms. The van der Waals surface area contributed by atoms with Gasteiger partial charge in [0.05, 0.1) is 24.6 Å². The number of nitrogens with one attached hydrogen (secondary N) is 1. The third-order valence-electron chi connectivity index (χ3n) is 3.68. The maximum atomic E-state index is 12.0. The predicted octanol–water partition coefficient (Wildman–Crippen LogP) is 1.06. The Labute approximate surface area is 128 Å². The van der Waals surface area contributed by atoms with Crippen LogP contribution < -0.4 is 15.8 Å². The molecule has 0 bridgehead atoms. The molecule has 0 radical (unpaired) electrons. The summed E-state index contributed by atoms with van der Waals surface area (Å²) in [4.78, 5) is 22.9. The fourth-order valence-electron chi connectivity index (χ4n) is 2.36. The van der Waals surface area contributed by atoms with E-state index in [0.717, 1.165) is 43.5 Å². The average molecular weight is 301 g/mol. The summed E-state index contributed by atoms with van der Waals surface area (Å²) in [5, 5.41) is 3.06. The molecule has 0 aliphatic carbocycles. The van der Waals surface area contributed by atoms with Crippen LogP contribution in [0.15, 0.2) is 29.3 Å². The summed E-state index contributed by atoms with van der Waals surface area (Å²) in [6, 6.07) is 3.88. The molecular formula is C15H19N5O2. The zero-order valence-electron chi connectivity index (χ0n) is 12.7. The zero-order valence-corrected chi connectivity index (χ0v) is 12.7. The number of nitrogens with zero attached hydrogens (tertiary/aromatic N) is 4. The van der Waals surface area contributed by atoms with E-state index in [1.807, 2.05) is 19.1 Å². The van der Waals surface area contributed by atoms with Gasteiger partial charge in [0.1, 0.15) is 5.82 Å². The summed E-state index contributed by atoms with van der Waals surface area (Å²) in [6.45, 7) is 5.06. The largest absolute Gasteiger partial charge is 0.378 e. The van der Waals surface area contributed by atoms with Gasteiger partial charge in [-0.25, -0.2) is 9.97 Å². The van der Waals surface area contributed by atoms with Crippen LogP contribution in [0.1, 0.15) is 5.69 Å². The van der Waals surface area contributed by atoms with E-state index < -0.39 is 0 Å². The van der Waals surface area contributed by atoms with Crippen molar-refractivity contribution in [3.8, 4) is 0 Å². The molecule has 1 N–H and O–H groups in total. The van der Waals surface area contributed by atoms with Crippen molar-refractivity contribution in [3.05, 3.63) is 40.6 Å². The van der Waals surface area contributed by atoms with Gasteiger partial charge in [-0.15, -0.1) is 0 Å². The molecule has 0 unspecified atom stereocenters. The van der Waals surface area contributed by atoms with Crippen molar-refractivity contribution in [3.63, 3.8) is 0 Å². The number of aromatic nitrogens is 3. The van der Waals surface area contributed by atoms with Crippen LogP contribution >= 0.6 is 0 Å². The molecule has 1 saturated heterocycles. The standard InChI is InChI=1S/C15H19N5O2/c1-11-12(18-14-15(21)19(2)6-5-16-14)3-4-13(17-11)20-7-9-22-10-8-20/h3-6H,7-10H2,1-2H3,(H,16,18). The normalized spacial score (nSPS) is 14.9. The summed E-state index contributed by atoms with van der Waals surface area (Å²) >= 11 is 0. The quantitative estimate of drug-likeness (QED) is 0.914. The third kappa shape index (κ3) is 2.94. The van der Waals surface area contributed by atoms with Gasteiger partial charge in [-0.2, -0.15) is 0 Å². The number of hydrogen-bond donors (Lipinski definition) is 1. The van der Waals surface area contributed by atoms with Gasteiger partial charge in [-0.3, -0.25) is 4.79 Å². The van der Waals surface area contributed by atoms with E-state index in [0.29, 0.717) is 5.82 Å². The lowest BCUT2D eigenvalue weighted by atomic mass is 10.3. The number of morpholine rings is 1. The molecule has 2 aromatic heterocycles. The second-order valence-corrected chi connectivity index (χ2v) is 5.22. The Morgan fingerprint density at radius 3 is 2.77 bits per heavy atom. The second kappa shape index (κ2) is 6.15. The van der Waals surface area contributed by atoms with Crippen molar-refractivity contribution in [2.75, 3.05) is 36.5 Å². The van der Waals surface area contributed by atoms with Crippen molar-refractivity contribution in [1.82, 2.24) is 14.5 Å². The minimum absolute atomic E-state index is 0.167. The molecule has 0 spiro atoms. The van der Waals surface area contributed by atoms with Crippen LogP contribution in [-0.4, -0.2) is 40.8 Å². The Balaban J connectivity index is 1.83. The van der Waals surface area contributed by atoms with Crippen molar-refractivity contribution >= 4 is 17.3 Å². The van der Waals surface area contributed by atoms with Gasteiger partial charge >= 0.3 is 0 Å². The number of pyridine rings is 1. The lowest BCUT2D eigenvalue weighted by Crippen LogP contribution is -2.36. The number of anilines is 3. The van der Waals surface area contributed by atoms with E-state index in [2.05, 4.69) is 20.2 Å². The smallest absolute Gasteiger partial charge is 0.293 e. The number of aryl methyl sites for hydroxylation is 2. The summed E-state index contributed by atoms with van der Waals surface area (Å²) in [5.74, 6) is 1.23. The summed E-state index contributed by atoms with van der Waals surface area (Å²) in [5.41, 5.74) is 1.45. The van der Waals surface area contributed by atoms with Crippen molar-refractivity contribution in [2.24, 2.45) is 7.05 Å². The zero-order chi connectivity index (χ0) is 15.5. The van der Waals surface area contributed by atoms with E-state index in [1.165, 1.54) is 4.57 Å².